The fourth-order valence-electron chi connectivity index (χ4n) is 2.19. The maximum atomic E-state index is 6.15. The highest BCUT2D eigenvalue weighted by Crippen LogP contribution is 2.30. The van der Waals surface area contributed by atoms with Gasteiger partial charge < -0.3 is 14.8 Å². The van der Waals surface area contributed by atoms with Crippen LogP contribution in [-0.2, 0) is 6.54 Å². The van der Waals surface area contributed by atoms with Crippen LogP contribution in [0.3, 0.4) is 0 Å². The minimum atomic E-state index is 0.118. The fraction of sp³-hybridized carbons (Fsp3) is 0.368. The van der Waals surface area contributed by atoms with Gasteiger partial charge in [-0.3, -0.25) is 0 Å². The lowest BCUT2D eigenvalue weighted by Crippen LogP contribution is -2.08. The molecule has 2 aromatic carbocycles. The van der Waals surface area contributed by atoms with E-state index in [9.17, 15) is 0 Å². The van der Waals surface area contributed by atoms with Crippen LogP contribution >= 0.6 is 11.6 Å². The molecule has 0 aliphatic rings. The molecule has 0 fully saturated rings. The predicted octanol–water partition coefficient (Wildman–Crippen LogP) is 5.45. The van der Waals surface area contributed by atoms with Gasteiger partial charge in [-0.2, -0.15) is 0 Å². The number of hydrogen-bond acceptors (Lipinski definition) is 3. The van der Waals surface area contributed by atoms with Crippen molar-refractivity contribution in [3.8, 4) is 11.5 Å². The third kappa shape index (κ3) is 5.07. The van der Waals surface area contributed by atoms with Gasteiger partial charge in [0, 0.05) is 17.3 Å². The van der Waals surface area contributed by atoms with Crippen LogP contribution in [0.15, 0.2) is 36.4 Å². The zero-order valence-corrected chi connectivity index (χ0v) is 14.9. The highest BCUT2D eigenvalue weighted by molar-refractivity contribution is 6.31. The summed E-state index contributed by atoms with van der Waals surface area (Å²) in [6.07, 6.45) is 0.118. The number of nitrogens with one attached hydrogen (secondary N) is 1. The zero-order valence-electron chi connectivity index (χ0n) is 14.2. The Morgan fingerprint density at radius 3 is 2.52 bits per heavy atom. The first-order valence-electron chi connectivity index (χ1n) is 7.92. The fourth-order valence-corrected chi connectivity index (χ4v) is 2.37. The molecule has 0 spiro atoms. The second kappa shape index (κ2) is 8.11. The second-order valence-corrected chi connectivity index (χ2v) is 6.11. The summed E-state index contributed by atoms with van der Waals surface area (Å²) >= 11 is 6.15. The van der Waals surface area contributed by atoms with Gasteiger partial charge in [-0.25, -0.2) is 0 Å². The third-order valence-electron chi connectivity index (χ3n) is 3.34. The predicted molar refractivity (Wildman–Crippen MR) is 96.9 cm³/mol. The van der Waals surface area contributed by atoms with Crippen LogP contribution in [0.25, 0.3) is 0 Å². The Hall–Kier alpha value is -1.87. The van der Waals surface area contributed by atoms with Crippen molar-refractivity contribution in [1.82, 2.24) is 0 Å². The molecular weight excluding hydrogens is 310 g/mol. The van der Waals surface area contributed by atoms with E-state index in [1.807, 2.05) is 64.1 Å². The number of halogens is 1. The van der Waals surface area contributed by atoms with E-state index in [2.05, 4.69) is 5.32 Å². The Morgan fingerprint density at radius 2 is 1.87 bits per heavy atom. The van der Waals surface area contributed by atoms with Crippen LogP contribution in [0.4, 0.5) is 5.69 Å². The molecule has 3 nitrogen and oxygen atoms in total. The lowest BCUT2D eigenvalue weighted by Gasteiger charge is -2.16. The van der Waals surface area contributed by atoms with Crippen LogP contribution in [0.5, 0.6) is 11.5 Å². The molecule has 0 radical (unpaired) electrons. The molecule has 0 saturated heterocycles. The summed E-state index contributed by atoms with van der Waals surface area (Å²) in [4.78, 5) is 0. The molecule has 1 N–H and O–H groups in total. The van der Waals surface area contributed by atoms with Crippen molar-refractivity contribution in [3.63, 3.8) is 0 Å². The summed E-state index contributed by atoms with van der Waals surface area (Å²) in [5.74, 6) is 1.56. The maximum Gasteiger partial charge on any atom is 0.161 e. The highest BCUT2D eigenvalue weighted by Gasteiger charge is 2.08. The first-order chi connectivity index (χ1) is 11.0. The van der Waals surface area contributed by atoms with Crippen molar-refractivity contribution < 1.29 is 9.47 Å². The number of rotatable bonds is 7. The van der Waals surface area contributed by atoms with Gasteiger partial charge in [-0.1, -0.05) is 23.7 Å². The minimum Gasteiger partial charge on any atom is -0.490 e. The lowest BCUT2D eigenvalue weighted by molar-refractivity contribution is 0.223. The van der Waals surface area contributed by atoms with Crippen molar-refractivity contribution in [2.75, 3.05) is 11.9 Å². The van der Waals surface area contributed by atoms with E-state index in [1.54, 1.807) is 0 Å². The molecule has 23 heavy (non-hydrogen) atoms. The molecule has 0 unspecified atom stereocenters. The number of anilines is 1. The molecule has 0 bridgehead atoms. The number of hydrogen-bond donors (Lipinski definition) is 1. The van der Waals surface area contributed by atoms with Crippen LogP contribution < -0.4 is 14.8 Å². The summed E-state index contributed by atoms with van der Waals surface area (Å²) < 4.78 is 11.5. The summed E-state index contributed by atoms with van der Waals surface area (Å²) in [5.41, 5.74) is 3.20. The minimum absolute atomic E-state index is 0.118. The Labute approximate surface area is 143 Å². The van der Waals surface area contributed by atoms with Crippen molar-refractivity contribution in [2.45, 2.75) is 40.3 Å². The summed E-state index contributed by atoms with van der Waals surface area (Å²) in [6, 6.07) is 12.0. The van der Waals surface area contributed by atoms with Crippen LogP contribution in [0, 0.1) is 6.92 Å². The first-order valence-corrected chi connectivity index (χ1v) is 8.29. The molecule has 2 aromatic rings. The molecule has 4 heteroatoms. The Morgan fingerprint density at radius 1 is 1.09 bits per heavy atom. The number of benzene rings is 2. The first kappa shape index (κ1) is 17.5. The monoisotopic (exact) mass is 333 g/mol. The quantitative estimate of drug-likeness (QED) is 0.731. The largest absolute Gasteiger partial charge is 0.490 e. The maximum absolute atomic E-state index is 6.15. The Balaban J connectivity index is 2.10. The Bertz CT molecular complexity index is 656. The van der Waals surface area contributed by atoms with Gasteiger partial charge >= 0.3 is 0 Å². The summed E-state index contributed by atoms with van der Waals surface area (Å²) in [6.45, 7) is 9.28. The van der Waals surface area contributed by atoms with E-state index in [4.69, 9.17) is 21.1 Å². The van der Waals surface area contributed by atoms with E-state index < -0.39 is 0 Å². The van der Waals surface area contributed by atoms with E-state index in [0.717, 1.165) is 33.3 Å². The lowest BCUT2D eigenvalue weighted by atomic mass is 10.2. The molecule has 0 amide bonds. The van der Waals surface area contributed by atoms with Crippen LogP contribution in [-0.4, -0.2) is 12.7 Å². The van der Waals surface area contributed by atoms with Crippen molar-refractivity contribution in [3.05, 3.63) is 52.5 Å². The number of aryl methyl sites for hydroxylation is 1. The van der Waals surface area contributed by atoms with Crippen molar-refractivity contribution in [2.24, 2.45) is 0 Å². The molecule has 0 heterocycles. The number of ether oxygens (including phenoxy) is 2. The van der Waals surface area contributed by atoms with E-state index in [0.29, 0.717) is 13.2 Å². The van der Waals surface area contributed by atoms with Gasteiger partial charge in [-0.15, -0.1) is 0 Å². The molecule has 0 aliphatic heterocycles. The molecule has 0 atom stereocenters. The molecule has 2 rings (SSSR count). The summed E-state index contributed by atoms with van der Waals surface area (Å²) in [5, 5.41) is 4.15. The average molecular weight is 334 g/mol. The van der Waals surface area contributed by atoms with E-state index >= 15 is 0 Å². The molecule has 124 valence electrons. The molecule has 0 aliphatic carbocycles. The molecular formula is C19H24ClNO2. The Kier molecular flexibility index (Phi) is 6.17. The smallest absolute Gasteiger partial charge is 0.161 e. The average Bonchev–Trinajstić information content (AvgIpc) is 2.50. The normalized spacial score (nSPS) is 10.7. The van der Waals surface area contributed by atoms with Crippen LogP contribution in [0.2, 0.25) is 5.02 Å². The topological polar surface area (TPSA) is 30.5 Å². The highest BCUT2D eigenvalue weighted by atomic mass is 35.5. The van der Waals surface area contributed by atoms with E-state index in [-0.39, 0.29) is 6.10 Å². The summed E-state index contributed by atoms with van der Waals surface area (Å²) in [7, 11) is 0. The van der Waals surface area contributed by atoms with Gasteiger partial charge in [0.25, 0.3) is 0 Å². The molecule has 0 aromatic heterocycles. The van der Waals surface area contributed by atoms with Crippen molar-refractivity contribution in [1.29, 1.82) is 0 Å². The van der Waals surface area contributed by atoms with Crippen molar-refractivity contribution >= 4 is 17.3 Å². The van der Waals surface area contributed by atoms with Gasteiger partial charge in [-0.05, 0) is 63.1 Å². The standard InChI is InChI=1S/C19H24ClNO2/c1-5-22-19-10-15(7-9-18(19)23-13(2)3)12-21-16-8-6-14(4)17(20)11-16/h6-11,13,21H,5,12H2,1-4H3. The van der Waals surface area contributed by atoms with E-state index in [1.165, 1.54) is 0 Å². The van der Waals surface area contributed by atoms with Crippen LogP contribution in [0.1, 0.15) is 31.9 Å². The zero-order chi connectivity index (χ0) is 16.8. The van der Waals surface area contributed by atoms with Gasteiger partial charge in [0.1, 0.15) is 0 Å². The third-order valence-corrected chi connectivity index (χ3v) is 3.75. The van der Waals surface area contributed by atoms with Gasteiger partial charge in [0.15, 0.2) is 11.5 Å². The molecule has 0 saturated carbocycles. The van der Waals surface area contributed by atoms with Gasteiger partial charge in [0.2, 0.25) is 0 Å². The second-order valence-electron chi connectivity index (χ2n) is 5.70. The SMILES string of the molecule is CCOc1cc(CNc2ccc(C)c(Cl)c2)ccc1OC(C)C. The van der Waals surface area contributed by atoms with Gasteiger partial charge in [0.05, 0.1) is 12.7 Å².